The van der Waals surface area contributed by atoms with Crippen LogP contribution in [0.4, 0.5) is 14.9 Å². The molecule has 6 heteroatoms. The fourth-order valence-corrected chi connectivity index (χ4v) is 2.19. The van der Waals surface area contributed by atoms with Crippen molar-refractivity contribution in [2.24, 2.45) is 0 Å². The molecule has 0 bridgehead atoms. The van der Waals surface area contributed by atoms with Crippen molar-refractivity contribution >= 4 is 27.6 Å². The Balaban J connectivity index is 1.90. The average Bonchev–Trinajstić information content (AvgIpc) is 2.49. The Morgan fingerprint density at radius 1 is 1.32 bits per heavy atom. The van der Waals surface area contributed by atoms with Crippen LogP contribution in [0.15, 0.2) is 46.9 Å². The molecule has 2 rings (SSSR count). The summed E-state index contributed by atoms with van der Waals surface area (Å²) in [5.41, 5.74) is 1.78. The molecule has 0 aliphatic heterocycles. The van der Waals surface area contributed by atoms with Crippen LogP contribution < -0.4 is 10.6 Å². The van der Waals surface area contributed by atoms with E-state index in [4.69, 9.17) is 0 Å². The Bertz CT molecular complexity index is 679. The molecule has 2 aromatic rings. The third-order valence-electron chi connectivity index (χ3n) is 3.14. The van der Waals surface area contributed by atoms with Gasteiger partial charge in [-0.1, -0.05) is 34.1 Å². The van der Waals surface area contributed by atoms with Gasteiger partial charge in [0, 0.05) is 22.3 Å². The van der Waals surface area contributed by atoms with Crippen molar-refractivity contribution < 1.29 is 14.3 Å². The fourth-order valence-electron chi connectivity index (χ4n) is 1.94. The summed E-state index contributed by atoms with van der Waals surface area (Å²) < 4.78 is 14.5. The van der Waals surface area contributed by atoms with Gasteiger partial charge in [-0.05, 0) is 36.8 Å². The van der Waals surface area contributed by atoms with Crippen molar-refractivity contribution in [2.45, 2.75) is 13.0 Å². The molecule has 3 N–H and O–H groups in total. The zero-order valence-corrected chi connectivity index (χ0v) is 13.5. The van der Waals surface area contributed by atoms with Crippen LogP contribution in [0.2, 0.25) is 0 Å². The number of aliphatic hydroxyl groups excluding tert-OH is 1. The molecule has 116 valence electrons. The summed E-state index contributed by atoms with van der Waals surface area (Å²) in [6.45, 7) is 1.83. The topological polar surface area (TPSA) is 61.4 Å². The Labute approximate surface area is 136 Å². The number of benzene rings is 2. The van der Waals surface area contributed by atoms with Gasteiger partial charge in [0.25, 0.3) is 0 Å². The minimum atomic E-state index is -1.10. The molecule has 2 amide bonds. The van der Waals surface area contributed by atoms with Gasteiger partial charge < -0.3 is 15.7 Å². The summed E-state index contributed by atoms with van der Waals surface area (Å²) in [4.78, 5) is 11.8. The molecule has 22 heavy (non-hydrogen) atoms. The van der Waals surface area contributed by atoms with E-state index in [1.165, 1.54) is 12.1 Å². The summed E-state index contributed by atoms with van der Waals surface area (Å²) in [6, 6.07) is 10.9. The first-order valence-electron chi connectivity index (χ1n) is 6.71. The van der Waals surface area contributed by atoms with Crippen LogP contribution in [0.3, 0.4) is 0 Å². The smallest absolute Gasteiger partial charge is 0.319 e. The highest BCUT2D eigenvalue weighted by Crippen LogP contribution is 2.20. The highest BCUT2D eigenvalue weighted by molar-refractivity contribution is 9.10. The summed E-state index contributed by atoms with van der Waals surface area (Å²) >= 11 is 3.38. The van der Waals surface area contributed by atoms with Crippen LogP contribution in [0, 0.1) is 12.7 Å². The molecule has 4 nitrogen and oxygen atoms in total. The second-order valence-electron chi connectivity index (χ2n) is 4.84. The lowest BCUT2D eigenvalue weighted by molar-refractivity contribution is 0.170. The molecule has 1 atom stereocenters. The first-order chi connectivity index (χ1) is 10.5. The van der Waals surface area contributed by atoms with Crippen LogP contribution in [0.25, 0.3) is 0 Å². The quantitative estimate of drug-likeness (QED) is 0.771. The van der Waals surface area contributed by atoms with Gasteiger partial charge >= 0.3 is 6.03 Å². The number of urea groups is 1. The molecule has 0 aliphatic carbocycles. The maximum absolute atomic E-state index is 13.5. The largest absolute Gasteiger partial charge is 0.386 e. The molecule has 1 unspecified atom stereocenters. The van der Waals surface area contributed by atoms with Gasteiger partial charge in [0.05, 0.1) is 6.10 Å². The number of hydrogen-bond donors (Lipinski definition) is 3. The SMILES string of the molecule is Cc1cc(NC(=O)NCC(O)c2ccccc2F)ccc1Br. The average molecular weight is 367 g/mol. The molecule has 0 spiro atoms. The van der Waals surface area contributed by atoms with Crippen molar-refractivity contribution in [3.63, 3.8) is 0 Å². The third kappa shape index (κ3) is 4.29. The normalized spacial score (nSPS) is 11.8. The van der Waals surface area contributed by atoms with E-state index in [9.17, 15) is 14.3 Å². The first-order valence-corrected chi connectivity index (χ1v) is 7.50. The number of nitrogens with one attached hydrogen (secondary N) is 2. The van der Waals surface area contributed by atoms with E-state index in [0.717, 1.165) is 10.0 Å². The number of rotatable bonds is 4. The molecular formula is C16H16BrFN2O2. The minimum absolute atomic E-state index is 0.0811. The molecule has 0 aliphatic rings. The first kappa shape index (κ1) is 16.5. The predicted molar refractivity (Wildman–Crippen MR) is 87.3 cm³/mol. The van der Waals surface area contributed by atoms with Crippen molar-refractivity contribution in [1.29, 1.82) is 0 Å². The Hall–Kier alpha value is -1.92. The van der Waals surface area contributed by atoms with Crippen molar-refractivity contribution in [2.75, 3.05) is 11.9 Å². The Morgan fingerprint density at radius 3 is 2.73 bits per heavy atom. The number of carbonyl (C=O) groups is 1. The fraction of sp³-hybridized carbons (Fsp3) is 0.188. The number of anilines is 1. The number of halogens is 2. The molecule has 2 aromatic carbocycles. The van der Waals surface area contributed by atoms with Gasteiger partial charge in [-0.2, -0.15) is 0 Å². The van der Waals surface area contributed by atoms with Gasteiger partial charge in [-0.25, -0.2) is 9.18 Å². The van der Waals surface area contributed by atoms with Crippen molar-refractivity contribution in [1.82, 2.24) is 5.32 Å². The van der Waals surface area contributed by atoms with E-state index in [-0.39, 0.29) is 12.1 Å². The van der Waals surface area contributed by atoms with Gasteiger partial charge in [0.2, 0.25) is 0 Å². The van der Waals surface area contributed by atoms with Crippen LogP contribution in [-0.2, 0) is 0 Å². The lowest BCUT2D eigenvalue weighted by atomic mass is 10.1. The highest BCUT2D eigenvalue weighted by atomic mass is 79.9. The summed E-state index contributed by atoms with van der Waals surface area (Å²) in [5.74, 6) is -0.499. The second-order valence-corrected chi connectivity index (χ2v) is 5.69. The number of hydrogen-bond acceptors (Lipinski definition) is 2. The summed E-state index contributed by atoms with van der Waals surface area (Å²) in [6.07, 6.45) is -1.10. The Kier molecular flexibility index (Phi) is 5.51. The lowest BCUT2D eigenvalue weighted by Crippen LogP contribution is -2.32. The second kappa shape index (κ2) is 7.38. The maximum atomic E-state index is 13.5. The number of aryl methyl sites for hydroxylation is 1. The molecule has 0 aromatic heterocycles. The maximum Gasteiger partial charge on any atom is 0.319 e. The Morgan fingerprint density at radius 2 is 2.05 bits per heavy atom. The monoisotopic (exact) mass is 366 g/mol. The summed E-state index contributed by atoms with van der Waals surface area (Å²) in [5, 5.41) is 15.1. The lowest BCUT2D eigenvalue weighted by Gasteiger charge is -2.14. The standard InChI is InChI=1S/C16H16BrFN2O2/c1-10-8-11(6-7-13(10)17)20-16(22)19-9-15(21)12-4-2-3-5-14(12)18/h2-8,15,21H,9H2,1H3,(H2,19,20,22). The molecule has 0 radical (unpaired) electrons. The molecular weight excluding hydrogens is 351 g/mol. The zero-order valence-electron chi connectivity index (χ0n) is 11.9. The van der Waals surface area contributed by atoms with Crippen LogP contribution in [-0.4, -0.2) is 17.7 Å². The van der Waals surface area contributed by atoms with Crippen molar-refractivity contribution in [3.05, 3.63) is 63.9 Å². The van der Waals surface area contributed by atoms with E-state index in [2.05, 4.69) is 26.6 Å². The van der Waals surface area contributed by atoms with Crippen LogP contribution in [0.1, 0.15) is 17.2 Å². The van der Waals surface area contributed by atoms with Gasteiger partial charge in [0.1, 0.15) is 5.82 Å². The zero-order chi connectivity index (χ0) is 16.1. The minimum Gasteiger partial charge on any atom is -0.386 e. The van der Waals surface area contributed by atoms with E-state index >= 15 is 0 Å². The number of aliphatic hydroxyl groups is 1. The van der Waals surface area contributed by atoms with E-state index < -0.39 is 18.0 Å². The molecule has 0 fully saturated rings. The third-order valence-corrected chi connectivity index (χ3v) is 4.03. The van der Waals surface area contributed by atoms with Crippen LogP contribution in [0.5, 0.6) is 0 Å². The van der Waals surface area contributed by atoms with E-state index in [0.29, 0.717) is 5.69 Å². The van der Waals surface area contributed by atoms with E-state index in [1.807, 2.05) is 19.1 Å². The summed E-state index contributed by atoms with van der Waals surface area (Å²) in [7, 11) is 0. The van der Waals surface area contributed by atoms with Gasteiger partial charge in [-0.15, -0.1) is 0 Å². The van der Waals surface area contributed by atoms with Crippen molar-refractivity contribution in [3.8, 4) is 0 Å². The highest BCUT2D eigenvalue weighted by Gasteiger charge is 2.13. The predicted octanol–water partition coefficient (Wildman–Crippen LogP) is 3.75. The van der Waals surface area contributed by atoms with Gasteiger partial charge in [0.15, 0.2) is 0 Å². The molecule has 0 saturated carbocycles. The van der Waals surface area contributed by atoms with Crippen LogP contribution >= 0.6 is 15.9 Å². The molecule has 0 saturated heterocycles. The van der Waals surface area contributed by atoms with Gasteiger partial charge in [-0.3, -0.25) is 0 Å². The number of carbonyl (C=O) groups excluding carboxylic acids is 1. The van der Waals surface area contributed by atoms with E-state index in [1.54, 1.807) is 18.2 Å². The molecule has 0 heterocycles. The number of amides is 2.